The van der Waals surface area contributed by atoms with Gasteiger partial charge < -0.3 is 20.5 Å². The molecule has 0 amide bonds. The van der Waals surface area contributed by atoms with Gasteiger partial charge in [0.25, 0.3) is 0 Å². The third-order valence-electron chi connectivity index (χ3n) is 6.94. The number of rotatable bonds is 5. The highest BCUT2D eigenvalue weighted by atomic mass is 19.1. The van der Waals surface area contributed by atoms with Crippen LogP contribution in [-0.2, 0) is 0 Å². The molecule has 4 atom stereocenters. The van der Waals surface area contributed by atoms with Gasteiger partial charge in [0.1, 0.15) is 17.1 Å². The summed E-state index contributed by atoms with van der Waals surface area (Å²) >= 11 is 0. The highest BCUT2D eigenvalue weighted by Crippen LogP contribution is 2.35. The number of piperidine rings is 1. The first-order valence-corrected chi connectivity index (χ1v) is 11.8. The number of aliphatic hydroxyl groups is 1. The highest BCUT2D eigenvalue weighted by molar-refractivity contribution is 5.95. The van der Waals surface area contributed by atoms with E-state index in [1.807, 2.05) is 24.7 Å². The van der Waals surface area contributed by atoms with Gasteiger partial charge in [-0.05, 0) is 39.2 Å². The molecule has 0 unspecified atom stereocenters. The van der Waals surface area contributed by atoms with Gasteiger partial charge in [0.15, 0.2) is 11.5 Å². The Morgan fingerprint density at radius 2 is 1.97 bits per heavy atom. The lowest BCUT2D eigenvalue weighted by Gasteiger charge is -2.36. The number of anilines is 2. The van der Waals surface area contributed by atoms with Crippen LogP contribution in [0, 0.1) is 18.7 Å². The van der Waals surface area contributed by atoms with Gasteiger partial charge in [0.2, 0.25) is 5.95 Å². The van der Waals surface area contributed by atoms with Crippen LogP contribution in [0.4, 0.5) is 16.0 Å². The van der Waals surface area contributed by atoms with E-state index < -0.39 is 11.9 Å². The highest BCUT2D eigenvalue weighted by Gasteiger charge is 2.31. The second kappa shape index (κ2) is 8.63. The summed E-state index contributed by atoms with van der Waals surface area (Å²) < 4.78 is 22.9. The largest absolute Gasteiger partial charge is 0.494 e. The van der Waals surface area contributed by atoms with Gasteiger partial charge in [-0.15, -0.1) is 5.10 Å². The first-order chi connectivity index (χ1) is 16.7. The lowest BCUT2D eigenvalue weighted by atomic mass is 9.89. The molecule has 0 aliphatic carbocycles. The number of nitrogens with zero attached hydrogens (tertiary/aromatic N) is 7. The quantitative estimate of drug-likeness (QED) is 0.445. The number of nitrogens with two attached hydrogens (primary N) is 1. The van der Waals surface area contributed by atoms with Crippen LogP contribution in [-0.4, -0.2) is 60.8 Å². The Balaban J connectivity index is 1.53. The number of methoxy groups -OCH3 is 1. The minimum absolute atomic E-state index is 0.0421. The Hall–Kier alpha value is -3.47. The van der Waals surface area contributed by atoms with Gasteiger partial charge in [-0.1, -0.05) is 6.92 Å². The first kappa shape index (κ1) is 23.3. The molecule has 1 saturated heterocycles. The van der Waals surface area contributed by atoms with E-state index in [2.05, 4.69) is 27.0 Å². The van der Waals surface area contributed by atoms with Crippen molar-refractivity contribution in [2.45, 2.75) is 52.2 Å². The summed E-state index contributed by atoms with van der Waals surface area (Å²) in [6, 6.07) is 2.54. The molecule has 10 nitrogen and oxygen atoms in total. The number of ether oxygens (including phenoxy) is 1. The fraction of sp³-hybridized carbons (Fsp3) is 0.500. The zero-order valence-electron chi connectivity index (χ0n) is 20.6. The maximum Gasteiger partial charge on any atom is 0.223 e. The lowest BCUT2D eigenvalue weighted by Crippen LogP contribution is -2.39. The maximum atomic E-state index is 14.3. The predicted octanol–water partition coefficient (Wildman–Crippen LogP) is 3.08. The summed E-state index contributed by atoms with van der Waals surface area (Å²) in [5.74, 6) is 1.11. The minimum atomic E-state index is -0.505. The molecule has 186 valence electrons. The van der Waals surface area contributed by atoms with E-state index in [1.165, 1.54) is 23.8 Å². The van der Waals surface area contributed by atoms with Gasteiger partial charge in [0, 0.05) is 31.3 Å². The van der Waals surface area contributed by atoms with Crippen molar-refractivity contribution in [3.05, 3.63) is 35.7 Å². The normalized spacial score (nSPS) is 20.5. The molecule has 0 saturated carbocycles. The summed E-state index contributed by atoms with van der Waals surface area (Å²) in [7, 11) is 1.47. The molecule has 3 N–H and O–H groups in total. The number of fused-ring (bicyclic) bond motifs is 3. The molecule has 0 bridgehead atoms. The minimum Gasteiger partial charge on any atom is -0.494 e. The van der Waals surface area contributed by atoms with E-state index in [9.17, 15) is 9.50 Å². The molecule has 1 aromatic carbocycles. The smallest absolute Gasteiger partial charge is 0.223 e. The fourth-order valence-corrected chi connectivity index (χ4v) is 4.96. The molecule has 0 radical (unpaired) electrons. The second-order valence-electron chi connectivity index (χ2n) is 9.68. The molecule has 1 fully saturated rings. The Bertz CT molecular complexity index is 1400. The fourth-order valence-electron chi connectivity index (χ4n) is 4.96. The van der Waals surface area contributed by atoms with Crippen molar-refractivity contribution in [1.82, 2.24) is 29.4 Å². The van der Waals surface area contributed by atoms with Crippen LogP contribution >= 0.6 is 0 Å². The lowest BCUT2D eigenvalue weighted by molar-refractivity contribution is 0.132. The number of hydrogen-bond donors (Lipinski definition) is 2. The number of hydrogen-bond acceptors (Lipinski definition) is 8. The Morgan fingerprint density at radius 3 is 2.69 bits per heavy atom. The van der Waals surface area contributed by atoms with Crippen LogP contribution < -0.4 is 15.4 Å². The number of aromatic nitrogens is 6. The third-order valence-corrected chi connectivity index (χ3v) is 6.94. The number of benzene rings is 1. The van der Waals surface area contributed by atoms with E-state index >= 15 is 0 Å². The molecule has 4 heterocycles. The number of halogens is 1. The van der Waals surface area contributed by atoms with Gasteiger partial charge in [-0.25, -0.2) is 14.4 Å². The van der Waals surface area contributed by atoms with Crippen molar-refractivity contribution in [2.24, 2.45) is 5.92 Å². The number of nitrogen functional groups attached to an aromatic ring is 1. The summed E-state index contributed by atoms with van der Waals surface area (Å²) in [5.41, 5.74) is 9.07. The SMILES string of the molecule is COc1cc(F)cc2c1nc(N)n1nc([C@@H]3C[C@H](C)CN(c4cn([C@@H](C)[C@H](C)O)nc4C)C3)nc21. The van der Waals surface area contributed by atoms with Crippen molar-refractivity contribution in [3.8, 4) is 5.75 Å². The zero-order valence-corrected chi connectivity index (χ0v) is 20.6. The Morgan fingerprint density at radius 1 is 1.20 bits per heavy atom. The molecule has 0 spiro atoms. The van der Waals surface area contributed by atoms with E-state index in [1.54, 1.807) is 6.92 Å². The number of aryl methyl sites for hydroxylation is 1. The van der Waals surface area contributed by atoms with Crippen molar-refractivity contribution in [3.63, 3.8) is 0 Å². The predicted molar refractivity (Wildman–Crippen MR) is 131 cm³/mol. The van der Waals surface area contributed by atoms with Crippen LogP contribution in [0.5, 0.6) is 5.75 Å². The zero-order chi connectivity index (χ0) is 25.0. The molecule has 4 aromatic rings. The van der Waals surface area contributed by atoms with Crippen LogP contribution in [0.25, 0.3) is 16.6 Å². The summed E-state index contributed by atoms with van der Waals surface area (Å²) in [6.45, 7) is 9.50. The van der Waals surface area contributed by atoms with Crippen LogP contribution in [0.3, 0.4) is 0 Å². The average Bonchev–Trinajstić information content (AvgIpc) is 3.43. The Kier molecular flexibility index (Phi) is 5.74. The van der Waals surface area contributed by atoms with E-state index in [0.29, 0.717) is 40.6 Å². The Labute approximate surface area is 202 Å². The van der Waals surface area contributed by atoms with Crippen molar-refractivity contribution >= 4 is 28.2 Å². The summed E-state index contributed by atoms with van der Waals surface area (Å²) in [4.78, 5) is 11.5. The molecule has 35 heavy (non-hydrogen) atoms. The molecular formula is C24H31FN8O2. The van der Waals surface area contributed by atoms with Gasteiger partial charge >= 0.3 is 0 Å². The van der Waals surface area contributed by atoms with Gasteiger partial charge in [0.05, 0.1) is 36.0 Å². The second-order valence-corrected chi connectivity index (χ2v) is 9.68. The van der Waals surface area contributed by atoms with Crippen molar-refractivity contribution < 1.29 is 14.2 Å². The van der Waals surface area contributed by atoms with Crippen LogP contribution in [0.15, 0.2) is 18.3 Å². The third kappa shape index (κ3) is 4.03. The monoisotopic (exact) mass is 482 g/mol. The molecule has 5 rings (SSSR count). The molecular weight excluding hydrogens is 451 g/mol. The van der Waals surface area contributed by atoms with Crippen molar-refractivity contribution in [2.75, 3.05) is 30.8 Å². The standard InChI is InChI=1S/C24H31FN8O2/c1-12-6-16(10-31(9-12)19-11-32(29-13(19)2)14(3)15(4)34)22-28-23-18-7-17(25)8-20(35-5)21(18)27-24(26)33(23)30-22/h7-8,11-12,14-16,34H,6,9-10H2,1-5H3,(H2,26,27)/t12-,14-,15-,16+/m0/s1. The van der Waals surface area contributed by atoms with Gasteiger partial charge in [-0.2, -0.15) is 9.61 Å². The number of aliphatic hydroxyl groups excluding tert-OH is 1. The van der Waals surface area contributed by atoms with Crippen LogP contribution in [0.2, 0.25) is 0 Å². The van der Waals surface area contributed by atoms with Crippen molar-refractivity contribution in [1.29, 1.82) is 0 Å². The summed E-state index contributed by atoms with van der Waals surface area (Å²) in [6.07, 6.45) is 2.41. The first-order valence-electron chi connectivity index (χ1n) is 11.8. The van der Waals surface area contributed by atoms with E-state index in [4.69, 9.17) is 15.5 Å². The van der Waals surface area contributed by atoms with E-state index in [-0.39, 0.29) is 17.9 Å². The summed E-state index contributed by atoms with van der Waals surface area (Å²) in [5, 5.41) is 19.8. The average molecular weight is 483 g/mol. The molecule has 3 aromatic heterocycles. The molecule has 11 heteroatoms. The molecule has 1 aliphatic rings. The van der Waals surface area contributed by atoms with Crippen LogP contribution in [0.1, 0.15) is 50.7 Å². The van der Waals surface area contributed by atoms with E-state index in [0.717, 1.165) is 24.3 Å². The maximum absolute atomic E-state index is 14.3. The topological polar surface area (TPSA) is 120 Å². The molecule has 1 aliphatic heterocycles. The van der Waals surface area contributed by atoms with Gasteiger partial charge in [-0.3, -0.25) is 4.68 Å².